The molecule has 0 unspecified atom stereocenters. The van der Waals surface area contributed by atoms with Gasteiger partial charge in [-0.1, -0.05) is 36.7 Å². The van der Waals surface area contributed by atoms with E-state index in [1.165, 1.54) is 6.07 Å². The number of benzene rings is 1. The summed E-state index contributed by atoms with van der Waals surface area (Å²) < 4.78 is 6.93. The van der Waals surface area contributed by atoms with E-state index in [0.29, 0.717) is 6.61 Å². The van der Waals surface area contributed by atoms with Crippen molar-refractivity contribution in [2.75, 3.05) is 0 Å². The summed E-state index contributed by atoms with van der Waals surface area (Å²) >= 11 is 3.41. The third kappa shape index (κ3) is 4.12. The van der Waals surface area contributed by atoms with Gasteiger partial charge in [0.2, 0.25) is 0 Å². The molecule has 0 radical (unpaired) electrons. The SMILES string of the molecule is CC(C)(C)[Si](C)(C)OCc1cc([N+](=O)[O-])ccc1Br. The molecule has 0 aliphatic heterocycles. The van der Waals surface area contributed by atoms with Crippen molar-refractivity contribution in [1.29, 1.82) is 0 Å². The van der Waals surface area contributed by atoms with Crippen molar-refractivity contribution in [3.05, 3.63) is 38.3 Å². The summed E-state index contributed by atoms with van der Waals surface area (Å²) in [7, 11) is -1.85. The van der Waals surface area contributed by atoms with Crippen LogP contribution in [0.3, 0.4) is 0 Å². The molecule has 106 valence electrons. The molecule has 1 rings (SSSR count). The lowest BCUT2D eigenvalue weighted by Gasteiger charge is -2.36. The molecular weight excluding hydrogens is 326 g/mol. The number of halogens is 1. The van der Waals surface area contributed by atoms with Crippen LogP contribution in [0.5, 0.6) is 0 Å². The number of hydrogen-bond donors (Lipinski definition) is 0. The van der Waals surface area contributed by atoms with E-state index in [2.05, 4.69) is 49.8 Å². The molecule has 19 heavy (non-hydrogen) atoms. The smallest absolute Gasteiger partial charge is 0.269 e. The summed E-state index contributed by atoms with van der Waals surface area (Å²) in [6.07, 6.45) is 0. The van der Waals surface area contributed by atoms with Crippen LogP contribution in [0.1, 0.15) is 26.3 Å². The van der Waals surface area contributed by atoms with E-state index in [-0.39, 0.29) is 15.6 Å². The molecule has 0 saturated carbocycles. The molecule has 6 heteroatoms. The zero-order valence-electron chi connectivity index (χ0n) is 12.0. The summed E-state index contributed by atoms with van der Waals surface area (Å²) in [6.45, 7) is 11.2. The maximum atomic E-state index is 10.8. The van der Waals surface area contributed by atoms with Crippen LogP contribution in [0.2, 0.25) is 18.1 Å². The highest BCUT2D eigenvalue weighted by molar-refractivity contribution is 9.10. The fourth-order valence-electron chi connectivity index (χ4n) is 1.26. The van der Waals surface area contributed by atoms with Gasteiger partial charge < -0.3 is 4.43 Å². The molecule has 0 fully saturated rings. The molecule has 4 nitrogen and oxygen atoms in total. The number of nitro benzene ring substituents is 1. The highest BCUT2D eigenvalue weighted by Crippen LogP contribution is 2.37. The Morgan fingerprint density at radius 1 is 1.37 bits per heavy atom. The molecule has 0 spiro atoms. The van der Waals surface area contributed by atoms with Crippen molar-refractivity contribution >= 4 is 29.9 Å². The maximum Gasteiger partial charge on any atom is 0.269 e. The van der Waals surface area contributed by atoms with Crippen LogP contribution in [0.25, 0.3) is 0 Å². The zero-order valence-corrected chi connectivity index (χ0v) is 14.6. The second kappa shape index (κ2) is 5.72. The van der Waals surface area contributed by atoms with E-state index in [9.17, 15) is 10.1 Å². The predicted octanol–water partition coefficient (Wildman–Crippen LogP) is 4.88. The summed E-state index contributed by atoms with van der Waals surface area (Å²) in [6, 6.07) is 4.75. The minimum atomic E-state index is -1.85. The van der Waals surface area contributed by atoms with Gasteiger partial charge >= 0.3 is 0 Å². The first-order valence-electron chi connectivity index (χ1n) is 6.11. The Hall–Kier alpha value is -0.723. The van der Waals surface area contributed by atoms with Gasteiger partial charge in [0.25, 0.3) is 5.69 Å². The zero-order chi connectivity index (χ0) is 14.8. The molecule has 0 aliphatic carbocycles. The Bertz CT molecular complexity index is 483. The van der Waals surface area contributed by atoms with E-state index in [4.69, 9.17) is 4.43 Å². The van der Waals surface area contributed by atoms with E-state index < -0.39 is 8.32 Å². The molecular formula is C13H20BrNO3Si. The van der Waals surface area contributed by atoms with Gasteiger partial charge in [-0.25, -0.2) is 0 Å². The van der Waals surface area contributed by atoms with Crippen molar-refractivity contribution in [3.8, 4) is 0 Å². The topological polar surface area (TPSA) is 52.4 Å². The van der Waals surface area contributed by atoms with Crippen LogP contribution in [-0.4, -0.2) is 13.2 Å². The largest absolute Gasteiger partial charge is 0.413 e. The van der Waals surface area contributed by atoms with E-state index in [0.717, 1.165) is 10.0 Å². The Morgan fingerprint density at radius 2 is 1.95 bits per heavy atom. The number of hydrogen-bond acceptors (Lipinski definition) is 3. The Morgan fingerprint density at radius 3 is 2.42 bits per heavy atom. The third-order valence-corrected chi connectivity index (χ3v) is 8.89. The number of nitrogens with zero attached hydrogens (tertiary/aromatic N) is 1. The van der Waals surface area contributed by atoms with Gasteiger partial charge in [0.05, 0.1) is 11.5 Å². The van der Waals surface area contributed by atoms with Crippen molar-refractivity contribution < 1.29 is 9.35 Å². The first kappa shape index (κ1) is 16.3. The molecule has 0 aromatic heterocycles. The molecule has 0 heterocycles. The minimum absolute atomic E-state index is 0.0945. The second-order valence-corrected chi connectivity index (χ2v) is 11.7. The van der Waals surface area contributed by atoms with Gasteiger partial charge in [0.15, 0.2) is 8.32 Å². The fraction of sp³-hybridized carbons (Fsp3) is 0.538. The van der Waals surface area contributed by atoms with Crippen molar-refractivity contribution in [3.63, 3.8) is 0 Å². The number of nitro groups is 1. The van der Waals surface area contributed by atoms with Gasteiger partial charge in [-0.3, -0.25) is 10.1 Å². The molecule has 0 amide bonds. The van der Waals surface area contributed by atoms with Crippen molar-refractivity contribution in [2.45, 2.75) is 45.5 Å². The average Bonchev–Trinajstić information content (AvgIpc) is 2.26. The highest BCUT2D eigenvalue weighted by Gasteiger charge is 2.37. The van der Waals surface area contributed by atoms with Gasteiger partial charge in [0, 0.05) is 16.6 Å². The van der Waals surface area contributed by atoms with Gasteiger partial charge in [-0.15, -0.1) is 0 Å². The first-order chi connectivity index (χ1) is 8.54. The van der Waals surface area contributed by atoms with E-state index in [1.54, 1.807) is 12.1 Å². The summed E-state index contributed by atoms with van der Waals surface area (Å²) in [5.41, 5.74) is 0.913. The molecule has 0 saturated heterocycles. The van der Waals surface area contributed by atoms with Gasteiger partial charge in [-0.2, -0.15) is 0 Å². The summed E-state index contributed by atoms with van der Waals surface area (Å²) in [4.78, 5) is 10.4. The van der Waals surface area contributed by atoms with Crippen LogP contribution in [0.4, 0.5) is 5.69 Å². The maximum absolute atomic E-state index is 10.8. The molecule has 0 atom stereocenters. The molecule has 0 aliphatic rings. The summed E-state index contributed by atoms with van der Waals surface area (Å²) in [5.74, 6) is 0. The standard InChI is InChI=1S/C13H20BrNO3Si/c1-13(2,3)19(4,5)18-9-10-8-11(15(16)17)6-7-12(10)14/h6-8H,9H2,1-5H3. The van der Waals surface area contributed by atoms with Gasteiger partial charge in [-0.05, 0) is 29.8 Å². The highest BCUT2D eigenvalue weighted by atomic mass is 79.9. The average molecular weight is 346 g/mol. The Labute approximate surface area is 123 Å². The fourth-order valence-corrected chi connectivity index (χ4v) is 2.57. The minimum Gasteiger partial charge on any atom is -0.413 e. The monoisotopic (exact) mass is 345 g/mol. The van der Waals surface area contributed by atoms with Crippen LogP contribution in [-0.2, 0) is 11.0 Å². The molecule has 0 N–H and O–H groups in total. The van der Waals surface area contributed by atoms with Crippen LogP contribution >= 0.6 is 15.9 Å². The van der Waals surface area contributed by atoms with Gasteiger partial charge in [0.1, 0.15) is 0 Å². The molecule has 1 aromatic carbocycles. The predicted molar refractivity (Wildman–Crippen MR) is 82.8 cm³/mol. The van der Waals surface area contributed by atoms with Crippen LogP contribution < -0.4 is 0 Å². The molecule has 1 aromatic rings. The normalized spacial score (nSPS) is 12.5. The first-order valence-corrected chi connectivity index (χ1v) is 9.81. The van der Waals surface area contributed by atoms with E-state index in [1.807, 2.05) is 0 Å². The number of non-ortho nitro benzene ring substituents is 1. The van der Waals surface area contributed by atoms with Crippen molar-refractivity contribution in [1.82, 2.24) is 0 Å². The number of rotatable bonds is 4. The lowest BCUT2D eigenvalue weighted by Crippen LogP contribution is -2.40. The van der Waals surface area contributed by atoms with E-state index >= 15 is 0 Å². The second-order valence-electron chi connectivity index (χ2n) is 6.08. The third-order valence-electron chi connectivity index (χ3n) is 3.63. The Balaban J connectivity index is 2.89. The lowest BCUT2D eigenvalue weighted by molar-refractivity contribution is -0.385. The van der Waals surface area contributed by atoms with Crippen LogP contribution in [0, 0.1) is 10.1 Å². The lowest BCUT2D eigenvalue weighted by atomic mass is 10.2. The van der Waals surface area contributed by atoms with Crippen LogP contribution in [0.15, 0.2) is 22.7 Å². The van der Waals surface area contributed by atoms with Crippen molar-refractivity contribution in [2.24, 2.45) is 0 Å². The Kier molecular flexibility index (Phi) is 4.92. The molecule has 0 bridgehead atoms. The quantitative estimate of drug-likeness (QED) is 0.444. The summed E-state index contributed by atoms with van der Waals surface area (Å²) in [5, 5.41) is 10.9.